The van der Waals surface area contributed by atoms with Gasteiger partial charge in [0.05, 0.1) is 22.8 Å². The number of nitrogens with zero attached hydrogens (tertiary/aromatic N) is 1. The zero-order valence-corrected chi connectivity index (χ0v) is 12.1. The predicted molar refractivity (Wildman–Crippen MR) is 81.3 cm³/mol. The fourth-order valence-electron chi connectivity index (χ4n) is 2.13. The summed E-state index contributed by atoms with van der Waals surface area (Å²) in [4.78, 5) is 16.6. The number of nitrogens with one attached hydrogen (secondary N) is 1. The van der Waals surface area contributed by atoms with Crippen molar-refractivity contribution in [1.29, 1.82) is 0 Å². The van der Waals surface area contributed by atoms with Crippen molar-refractivity contribution in [2.75, 3.05) is 0 Å². The van der Waals surface area contributed by atoms with Crippen LogP contribution in [0.5, 0.6) is 0 Å². The zero-order valence-electron chi connectivity index (χ0n) is 11.3. The molecule has 0 radical (unpaired) electrons. The summed E-state index contributed by atoms with van der Waals surface area (Å²) in [5, 5.41) is 4.18. The molecule has 0 aliphatic rings. The summed E-state index contributed by atoms with van der Waals surface area (Å²) in [5.74, 6) is 0.404. The van der Waals surface area contributed by atoms with Gasteiger partial charge in [0.15, 0.2) is 0 Å². The van der Waals surface area contributed by atoms with Crippen molar-refractivity contribution < 1.29 is 9.21 Å². The molecule has 0 saturated heterocycles. The molecular weight excluding hydrogens is 288 g/mol. The van der Waals surface area contributed by atoms with E-state index in [9.17, 15) is 4.79 Å². The fraction of sp³-hybridized carbons (Fsp3) is 0.125. The number of hydrogen-bond acceptors (Lipinski definition) is 3. The monoisotopic (exact) mass is 300 g/mol. The Balaban J connectivity index is 1.88. The zero-order chi connectivity index (χ0) is 14.8. The standard InChI is InChI=1S/C16H13ClN2O2/c1-10(15-7-4-8-21-15)18-16(20)14-9-12(17)11-5-2-3-6-13(11)19-14/h2-10H,1H3,(H,18,20). The van der Waals surface area contributed by atoms with Crippen molar-refractivity contribution in [3.8, 4) is 0 Å². The van der Waals surface area contributed by atoms with Gasteiger partial charge in [-0.15, -0.1) is 0 Å². The number of furan rings is 1. The number of hydrogen-bond donors (Lipinski definition) is 1. The van der Waals surface area contributed by atoms with Gasteiger partial charge in [0.25, 0.3) is 5.91 Å². The molecule has 4 nitrogen and oxygen atoms in total. The maximum Gasteiger partial charge on any atom is 0.270 e. The minimum Gasteiger partial charge on any atom is -0.467 e. The van der Waals surface area contributed by atoms with Crippen molar-refractivity contribution >= 4 is 28.4 Å². The lowest BCUT2D eigenvalue weighted by atomic mass is 10.2. The first-order valence-corrected chi connectivity index (χ1v) is 6.92. The highest BCUT2D eigenvalue weighted by Gasteiger charge is 2.16. The predicted octanol–water partition coefficient (Wildman–Crippen LogP) is 3.97. The molecule has 0 aliphatic heterocycles. The third-order valence-corrected chi connectivity index (χ3v) is 3.53. The smallest absolute Gasteiger partial charge is 0.270 e. The molecule has 1 atom stereocenters. The van der Waals surface area contributed by atoms with Crippen molar-refractivity contribution in [1.82, 2.24) is 10.3 Å². The summed E-state index contributed by atoms with van der Waals surface area (Å²) in [5.41, 5.74) is 0.984. The number of carbonyl (C=O) groups is 1. The van der Waals surface area contributed by atoms with Gasteiger partial charge < -0.3 is 9.73 Å². The van der Waals surface area contributed by atoms with Crippen LogP contribution in [0, 0.1) is 0 Å². The van der Waals surface area contributed by atoms with Crippen LogP contribution < -0.4 is 5.32 Å². The van der Waals surface area contributed by atoms with E-state index in [4.69, 9.17) is 16.0 Å². The molecule has 2 heterocycles. The van der Waals surface area contributed by atoms with E-state index < -0.39 is 0 Å². The van der Waals surface area contributed by atoms with Crippen LogP contribution in [0.1, 0.15) is 29.2 Å². The minimum absolute atomic E-state index is 0.237. The Morgan fingerprint density at radius 3 is 2.86 bits per heavy atom. The van der Waals surface area contributed by atoms with E-state index in [1.165, 1.54) is 0 Å². The van der Waals surface area contributed by atoms with Crippen molar-refractivity contribution in [2.24, 2.45) is 0 Å². The summed E-state index contributed by atoms with van der Waals surface area (Å²) >= 11 is 6.20. The van der Waals surface area contributed by atoms with Crippen molar-refractivity contribution in [3.05, 3.63) is 65.2 Å². The molecule has 1 amide bonds. The van der Waals surface area contributed by atoms with Crippen LogP contribution in [-0.4, -0.2) is 10.9 Å². The first kappa shape index (κ1) is 13.6. The lowest BCUT2D eigenvalue weighted by molar-refractivity contribution is 0.0930. The molecule has 0 bridgehead atoms. The number of para-hydroxylation sites is 1. The summed E-state index contributed by atoms with van der Waals surface area (Å²) in [7, 11) is 0. The third kappa shape index (κ3) is 2.76. The highest BCUT2D eigenvalue weighted by molar-refractivity contribution is 6.35. The normalized spacial score (nSPS) is 12.3. The van der Waals surface area contributed by atoms with E-state index in [2.05, 4.69) is 10.3 Å². The molecule has 1 aromatic carbocycles. The van der Waals surface area contributed by atoms with Gasteiger partial charge >= 0.3 is 0 Å². The van der Waals surface area contributed by atoms with E-state index in [-0.39, 0.29) is 17.6 Å². The van der Waals surface area contributed by atoms with Crippen LogP contribution in [-0.2, 0) is 0 Å². The maximum atomic E-state index is 12.3. The average molecular weight is 301 g/mol. The number of fused-ring (bicyclic) bond motifs is 1. The second kappa shape index (κ2) is 5.58. The van der Waals surface area contributed by atoms with Crippen LogP contribution >= 0.6 is 11.6 Å². The molecule has 2 aromatic heterocycles. The third-order valence-electron chi connectivity index (χ3n) is 3.22. The average Bonchev–Trinajstić information content (AvgIpc) is 3.01. The lowest BCUT2D eigenvalue weighted by Gasteiger charge is -2.11. The molecule has 3 rings (SSSR count). The SMILES string of the molecule is CC(NC(=O)c1cc(Cl)c2ccccc2n1)c1ccco1. The number of pyridine rings is 1. The minimum atomic E-state index is -0.286. The molecule has 21 heavy (non-hydrogen) atoms. The highest BCUT2D eigenvalue weighted by Crippen LogP contribution is 2.23. The van der Waals surface area contributed by atoms with Gasteiger partial charge in [-0.2, -0.15) is 0 Å². The molecule has 0 aliphatic carbocycles. The molecule has 1 unspecified atom stereocenters. The lowest BCUT2D eigenvalue weighted by Crippen LogP contribution is -2.27. The van der Waals surface area contributed by atoms with Gasteiger partial charge in [-0.05, 0) is 31.2 Å². The number of amides is 1. The van der Waals surface area contributed by atoms with Gasteiger partial charge in [-0.25, -0.2) is 4.98 Å². The Morgan fingerprint density at radius 1 is 1.29 bits per heavy atom. The van der Waals surface area contributed by atoms with Gasteiger partial charge in [-0.1, -0.05) is 29.8 Å². The molecule has 106 valence electrons. The van der Waals surface area contributed by atoms with Crippen LogP contribution in [0.3, 0.4) is 0 Å². The Bertz CT molecular complexity index is 784. The molecule has 1 N–H and O–H groups in total. The van der Waals surface area contributed by atoms with E-state index in [1.54, 1.807) is 18.4 Å². The Kier molecular flexibility index (Phi) is 3.62. The first-order valence-electron chi connectivity index (χ1n) is 6.54. The second-order valence-corrected chi connectivity index (χ2v) is 5.12. The largest absolute Gasteiger partial charge is 0.467 e. The first-order chi connectivity index (χ1) is 10.1. The Labute approximate surface area is 126 Å². The Hall–Kier alpha value is -2.33. The van der Waals surface area contributed by atoms with Crippen LogP contribution in [0.4, 0.5) is 0 Å². The number of benzene rings is 1. The van der Waals surface area contributed by atoms with Gasteiger partial charge in [-0.3, -0.25) is 4.79 Å². The molecule has 3 aromatic rings. The van der Waals surface area contributed by atoms with Gasteiger partial charge in [0.2, 0.25) is 0 Å². The molecule has 0 fully saturated rings. The van der Waals surface area contributed by atoms with Crippen molar-refractivity contribution in [2.45, 2.75) is 13.0 Å². The van der Waals surface area contributed by atoms with E-state index >= 15 is 0 Å². The topological polar surface area (TPSA) is 55.1 Å². The van der Waals surface area contributed by atoms with Gasteiger partial charge in [0, 0.05) is 5.39 Å². The van der Waals surface area contributed by atoms with Gasteiger partial charge in [0.1, 0.15) is 11.5 Å². The van der Waals surface area contributed by atoms with E-state index in [1.807, 2.05) is 37.3 Å². The second-order valence-electron chi connectivity index (χ2n) is 4.72. The molecule has 0 saturated carbocycles. The molecule has 0 spiro atoms. The highest BCUT2D eigenvalue weighted by atomic mass is 35.5. The van der Waals surface area contributed by atoms with E-state index in [0.29, 0.717) is 16.3 Å². The number of rotatable bonds is 3. The Morgan fingerprint density at radius 2 is 2.10 bits per heavy atom. The van der Waals surface area contributed by atoms with Crippen LogP contribution in [0.25, 0.3) is 10.9 Å². The molecule has 5 heteroatoms. The van der Waals surface area contributed by atoms with Crippen molar-refractivity contribution in [3.63, 3.8) is 0 Å². The summed E-state index contributed by atoms with van der Waals surface area (Å²) in [6.07, 6.45) is 1.57. The number of halogens is 1. The maximum absolute atomic E-state index is 12.3. The summed E-state index contributed by atoms with van der Waals surface area (Å²) in [6, 6.07) is 12.4. The fourth-order valence-corrected chi connectivity index (χ4v) is 2.39. The van der Waals surface area contributed by atoms with Crippen LogP contribution in [0.15, 0.2) is 53.1 Å². The summed E-state index contributed by atoms with van der Waals surface area (Å²) in [6.45, 7) is 1.85. The van der Waals surface area contributed by atoms with E-state index in [0.717, 1.165) is 5.39 Å². The quantitative estimate of drug-likeness (QED) is 0.796. The number of carbonyl (C=O) groups excluding carboxylic acids is 1. The number of aromatic nitrogens is 1. The summed E-state index contributed by atoms with van der Waals surface area (Å²) < 4.78 is 5.26. The molecular formula is C16H13ClN2O2. The van der Waals surface area contributed by atoms with Crippen LogP contribution in [0.2, 0.25) is 5.02 Å².